The van der Waals surface area contributed by atoms with Crippen molar-refractivity contribution in [2.75, 3.05) is 19.8 Å². The first-order valence-corrected chi connectivity index (χ1v) is 8.88. The maximum Gasteiger partial charge on any atom is 0.453 e. The predicted octanol–water partition coefficient (Wildman–Crippen LogP) is 2.63. The summed E-state index contributed by atoms with van der Waals surface area (Å²) in [6.45, 7) is 7.08. The number of aryl methyl sites for hydroxylation is 2. The van der Waals surface area contributed by atoms with Crippen LogP contribution in [0.25, 0.3) is 5.78 Å². The molecule has 0 saturated heterocycles. The SMILES string of the molecule is CCCCOCCCNC(=O)Cc1c(C)nc2nc(C(F)(F)F)nn2c1C. The number of hydrogen-bond donors (Lipinski definition) is 1. The highest BCUT2D eigenvalue weighted by molar-refractivity contribution is 5.79. The van der Waals surface area contributed by atoms with Crippen molar-refractivity contribution in [2.24, 2.45) is 0 Å². The average Bonchev–Trinajstić information content (AvgIpc) is 3.02. The lowest BCUT2D eigenvalue weighted by atomic mass is 10.1. The molecule has 0 bridgehead atoms. The van der Waals surface area contributed by atoms with Gasteiger partial charge in [0.2, 0.25) is 5.91 Å². The Morgan fingerprint density at radius 3 is 2.56 bits per heavy atom. The summed E-state index contributed by atoms with van der Waals surface area (Å²) in [7, 11) is 0. The van der Waals surface area contributed by atoms with Crippen LogP contribution in [0.3, 0.4) is 0 Å². The summed E-state index contributed by atoms with van der Waals surface area (Å²) in [5.41, 5.74) is 1.41. The standard InChI is InChI=1S/C17H24F3N5O2/c1-4-5-8-27-9-6-7-21-14(26)10-13-11(2)22-16-23-15(17(18,19)20)24-25(16)12(13)3/h4-10H2,1-3H3,(H,21,26). The Hall–Kier alpha value is -2.23. The van der Waals surface area contributed by atoms with Crippen molar-refractivity contribution in [3.63, 3.8) is 0 Å². The fourth-order valence-electron chi connectivity index (χ4n) is 2.56. The first-order valence-electron chi connectivity index (χ1n) is 8.88. The Bertz CT molecular complexity index is 789. The smallest absolute Gasteiger partial charge is 0.381 e. The Kier molecular flexibility index (Phi) is 7.11. The highest BCUT2D eigenvalue weighted by Crippen LogP contribution is 2.27. The molecule has 1 amide bonds. The molecule has 27 heavy (non-hydrogen) atoms. The number of carbonyl (C=O) groups is 1. The molecule has 0 aromatic carbocycles. The number of aromatic nitrogens is 4. The maximum absolute atomic E-state index is 12.8. The molecule has 10 heteroatoms. The minimum atomic E-state index is -4.65. The lowest BCUT2D eigenvalue weighted by Gasteiger charge is -2.11. The normalized spacial score (nSPS) is 11.9. The Morgan fingerprint density at radius 2 is 1.89 bits per heavy atom. The van der Waals surface area contributed by atoms with Gasteiger partial charge >= 0.3 is 6.18 Å². The van der Waals surface area contributed by atoms with Gasteiger partial charge in [0, 0.05) is 36.7 Å². The van der Waals surface area contributed by atoms with Crippen molar-refractivity contribution in [3.05, 3.63) is 22.8 Å². The summed E-state index contributed by atoms with van der Waals surface area (Å²) < 4.78 is 44.8. The fourth-order valence-corrected chi connectivity index (χ4v) is 2.56. The zero-order valence-electron chi connectivity index (χ0n) is 15.7. The number of ether oxygens (including phenoxy) is 1. The summed E-state index contributed by atoms with van der Waals surface area (Å²) in [6, 6.07) is 0. The molecule has 2 heterocycles. The van der Waals surface area contributed by atoms with Gasteiger partial charge in [-0.3, -0.25) is 4.79 Å². The van der Waals surface area contributed by atoms with Gasteiger partial charge in [0.1, 0.15) is 0 Å². The zero-order valence-corrected chi connectivity index (χ0v) is 15.7. The second-order valence-electron chi connectivity index (χ2n) is 6.25. The third-order valence-electron chi connectivity index (χ3n) is 4.07. The van der Waals surface area contributed by atoms with Crippen molar-refractivity contribution in [2.45, 2.75) is 52.6 Å². The fraction of sp³-hybridized carbons (Fsp3) is 0.647. The van der Waals surface area contributed by atoms with E-state index in [9.17, 15) is 18.0 Å². The predicted molar refractivity (Wildman–Crippen MR) is 92.3 cm³/mol. The summed E-state index contributed by atoms with van der Waals surface area (Å²) in [6.07, 6.45) is -1.85. The van der Waals surface area contributed by atoms with Crippen LogP contribution in [0.15, 0.2) is 0 Å². The minimum Gasteiger partial charge on any atom is -0.381 e. The first-order chi connectivity index (χ1) is 12.7. The molecular weight excluding hydrogens is 363 g/mol. The number of nitrogens with one attached hydrogen (secondary N) is 1. The lowest BCUT2D eigenvalue weighted by molar-refractivity contribution is -0.144. The number of rotatable bonds is 9. The third-order valence-corrected chi connectivity index (χ3v) is 4.07. The molecular formula is C17H24F3N5O2. The van der Waals surface area contributed by atoms with Gasteiger partial charge in [-0.1, -0.05) is 13.3 Å². The average molecular weight is 387 g/mol. The number of fused-ring (bicyclic) bond motifs is 1. The zero-order chi connectivity index (χ0) is 20.0. The van der Waals surface area contributed by atoms with Crippen LogP contribution in [0.5, 0.6) is 0 Å². The van der Waals surface area contributed by atoms with Crippen molar-refractivity contribution in [3.8, 4) is 0 Å². The first kappa shape index (κ1) is 21.1. The second-order valence-corrected chi connectivity index (χ2v) is 6.25. The molecule has 0 aliphatic carbocycles. The lowest BCUT2D eigenvalue weighted by Crippen LogP contribution is -2.28. The summed E-state index contributed by atoms with van der Waals surface area (Å²) in [4.78, 5) is 19.6. The van der Waals surface area contributed by atoms with Crippen molar-refractivity contribution >= 4 is 11.7 Å². The summed E-state index contributed by atoms with van der Waals surface area (Å²) >= 11 is 0. The minimum absolute atomic E-state index is 0.0124. The third kappa shape index (κ3) is 5.62. The van der Waals surface area contributed by atoms with E-state index in [1.165, 1.54) is 0 Å². The van der Waals surface area contributed by atoms with Gasteiger partial charge in [-0.2, -0.15) is 18.2 Å². The summed E-state index contributed by atoms with van der Waals surface area (Å²) in [5.74, 6) is -1.61. The van der Waals surface area contributed by atoms with Gasteiger partial charge in [0.25, 0.3) is 11.6 Å². The van der Waals surface area contributed by atoms with E-state index < -0.39 is 12.0 Å². The molecule has 0 aliphatic heterocycles. The second kappa shape index (κ2) is 9.12. The van der Waals surface area contributed by atoms with E-state index in [-0.39, 0.29) is 18.1 Å². The number of carbonyl (C=O) groups excluding carboxylic acids is 1. The van der Waals surface area contributed by atoms with Crippen molar-refractivity contribution in [1.29, 1.82) is 0 Å². The number of amides is 1. The Balaban J connectivity index is 1.98. The molecule has 150 valence electrons. The number of halogens is 3. The number of unbranched alkanes of at least 4 members (excludes halogenated alkanes) is 1. The van der Waals surface area contributed by atoms with Gasteiger partial charge in [0.15, 0.2) is 0 Å². The topological polar surface area (TPSA) is 81.4 Å². The van der Waals surface area contributed by atoms with Crippen LogP contribution in [0.1, 0.15) is 49.0 Å². The van der Waals surface area contributed by atoms with Gasteiger partial charge in [-0.05, 0) is 26.7 Å². The Labute approximate surface area is 155 Å². The van der Waals surface area contributed by atoms with Crippen LogP contribution in [-0.2, 0) is 22.1 Å². The molecule has 0 fully saturated rings. The van der Waals surface area contributed by atoms with Gasteiger partial charge in [0.05, 0.1) is 6.42 Å². The highest BCUT2D eigenvalue weighted by atomic mass is 19.4. The number of hydrogen-bond acceptors (Lipinski definition) is 5. The van der Waals surface area contributed by atoms with E-state index in [0.717, 1.165) is 17.4 Å². The van der Waals surface area contributed by atoms with E-state index in [1.54, 1.807) is 13.8 Å². The van der Waals surface area contributed by atoms with Crippen molar-refractivity contribution < 1.29 is 22.7 Å². The van der Waals surface area contributed by atoms with Crippen molar-refractivity contribution in [1.82, 2.24) is 24.9 Å². The maximum atomic E-state index is 12.8. The van der Waals surface area contributed by atoms with E-state index >= 15 is 0 Å². The largest absolute Gasteiger partial charge is 0.453 e. The molecule has 0 aliphatic rings. The van der Waals surface area contributed by atoms with Crippen LogP contribution in [0, 0.1) is 13.8 Å². The quantitative estimate of drug-likeness (QED) is 0.669. The molecule has 0 atom stereocenters. The monoisotopic (exact) mass is 387 g/mol. The highest BCUT2D eigenvalue weighted by Gasteiger charge is 2.37. The molecule has 2 rings (SSSR count). The van der Waals surface area contributed by atoms with Gasteiger partial charge in [-0.15, -0.1) is 5.10 Å². The number of nitrogens with zero attached hydrogens (tertiary/aromatic N) is 4. The molecule has 0 radical (unpaired) electrons. The molecule has 0 unspecified atom stereocenters. The molecule has 0 spiro atoms. The summed E-state index contributed by atoms with van der Waals surface area (Å²) in [5, 5.41) is 6.26. The van der Waals surface area contributed by atoms with E-state index in [0.29, 0.717) is 43.1 Å². The van der Waals surface area contributed by atoms with Crippen LogP contribution < -0.4 is 5.32 Å². The molecule has 2 aromatic rings. The molecule has 1 N–H and O–H groups in total. The number of alkyl halides is 3. The van der Waals surface area contributed by atoms with Crippen LogP contribution in [0.2, 0.25) is 0 Å². The Morgan fingerprint density at radius 1 is 1.19 bits per heavy atom. The van der Waals surface area contributed by atoms with E-state index in [1.807, 2.05) is 0 Å². The van der Waals surface area contributed by atoms with Gasteiger partial charge < -0.3 is 10.1 Å². The molecule has 0 saturated carbocycles. The van der Waals surface area contributed by atoms with Crippen LogP contribution >= 0.6 is 0 Å². The van der Waals surface area contributed by atoms with E-state index in [2.05, 4.69) is 27.3 Å². The van der Waals surface area contributed by atoms with Crippen LogP contribution in [-0.4, -0.2) is 45.2 Å². The molecule has 2 aromatic heterocycles. The van der Waals surface area contributed by atoms with E-state index in [4.69, 9.17) is 4.74 Å². The van der Waals surface area contributed by atoms with Gasteiger partial charge in [-0.25, -0.2) is 9.50 Å². The molecule has 7 nitrogen and oxygen atoms in total. The van der Waals surface area contributed by atoms with Crippen LogP contribution in [0.4, 0.5) is 13.2 Å².